The van der Waals surface area contributed by atoms with Gasteiger partial charge in [0.25, 0.3) is 0 Å². The summed E-state index contributed by atoms with van der Waals surface area (Å²) in [6.07, 6.45) is 0.831. The summed E-state index contributed by atoms with van der Waals surface area (Å²) < 4.78 is -1.18. The Bertz CT molecular complexity index is 375. The Morgan fingerprint density at radius 2 is 1.21 bits per heavy atom. The van der Waals surface area contributed by atoms with E-state index >= 15 is 0 Å². The van der Waals surface area contributed by atoms with Crippen molar-refractivity contribution in [3.63, 3.8) is 0 Å². The normalized spacial score (nSPS) is 12.4. The van der Waals surface area contributed by atoms with Gasteiger partial charge in [-0.3, -0.25) is 4.48 Å². The topological polar surface area (TPSA) is 149 Å². The number of rotatable bonds is 9. The molecule has 0 radical (unpaired) electrons. The molecule has 4 N–H and O–H groups in total. The summed E-state index contributed by atoms with van der Waals surface area (Å²) in [5.74, 6) is -6.06. The summed E-state index contributed by atoms with van der Waals surface area (Å²) in [6.45, 7) is 0.325. The summed E-state index contributed by atoms with van der Waals surface area (Å²) >= 11 is 0. The fourth-order valence-electron chi connectivity index (χ4n) is 1.83. The molecule has 0 spiro atoms. The maximum atomic E-state index is 11.1. The molecule has 9 nitrogen and oxygen atoms in total. The third kappa shape index (κ3) is 4.76. The molecule has 0 bridgehead atoms. The second-order valence-electron chi connectivity index (χ2n) is 3.89. The standard InChI is InChI=1S/C10H13NO8/c1-2-6(10(18)19)11(3-7(12)13,4-8(14)15)5-9(16)17/h2,6H,1,3-5H2,(H3-,12,13,14,15,16,17,18,19)/p+1. The number of nitrogens with zero attached hydrogens (tertiary/aromatic N) is 1. The Kier molecular flexibility index (Phi) is 5.67. The van der Waals surface area contributed by atoms with Gasteiger partial charge in [0.2, 0.25) is 6.04 Å². The van der Waals surface area contributed by atoms with E-state index in [1.807, 2.05) is 0 Å². The minimum absolute atomic E-state index is 0.831. The Hall–Kier alpha value is -2.42. The highest BCUT2D eigenvalue weighted by Gasteiger charge is 2.45. The van der Waals surface area contributed by atoms with E-state index < -0.39 is 54.0 Å². The highest BCUT2D eigenvalue weighted by atomic mass is 16.4. The van der Waals surface area contributed by atoms with Crippen molar-refractivity contribution < 1.29 is 44.1 Å². The van der Waals surface area contributed by atoms with Gasteiger partial charge < -0.3 is 20.4 Å². The molecule has 0 aromatic heterocycles. The fourth-order valence-corrected chi connectivity index (χ4v) is 1.83. The van der Waals surface area contributed by atoms with Crippen LogP contribution in [0.1, 0.15) is 0 Å². The van der Waals surface area contributed by atoms with Crippen LogP contribution in [-0.4, -0.2) is 74.5 Å². The molecule has 1 unspecified atom stereocenters. The quantitative estimate of drug-likeness (QED) is 0.299. The van der Waals surface area contributed by atoms with Gasteiger partial charge >= 0.3 is 23.9 Å². The molecule has 0 aliphatic heterocycles. The molecule has 1 atom stereocenters. The summed E-state index contributed by atoms with van der Waals surface area (Å²) in [5, 5.41) is 35.3. The van der Waals surface area contributed by atoms with Gasteiger partial charge in [-0.15, -0.1) is 0 Å². The van der Waals surface area contributed by atoms with E-state index in [9.17, 15) is 19.2 Å². The van der Waals surface area contributed by atoms with Crippen LogP contribution in [0.5, 0.6) is 0 Å². The molecular weight excluding hydrogens is 262 g/mol. The van der Waals surface area contributed by atoms with Gasteiger partial charge in [-0.05, 0) is 6.08 Å². The van der Waals surface area contributed by atoms with Crippen LogP contribution in [0.4, 0.5) is 0 Å². The first kappa shape index (κ1) is 16.6. The van der Waals surface area contributed by atoms with Gasteiger partial charge in [0.15, 0.2) is 19.6 Å². The number of hydrogen-bond donors (Lipinski definition) is 4. The molecule has 0 saturated carbocycles. The zero-order valence-electron chi connectivity index (χ0n) is 9.85. The third-order valence-electron chi connectivity index (χ3n) is 2.42. The van der Waals surface area contributed by atoms with Crippen molar-refractivity contribution in [2.24, 2.45) is 0 Å². The first-order chi connectivity index (χ1) is 8.64. The lowest BCUT2D eigenvalue weighted by atomic mass is 10.1. The minimum Gasteiger partial charge on any atom is -0.477 e. The first-order valence-corrected chi connectivity index (χ1v) is 5.01. The van der Waals surface area contributed by atoms with E-state index in [0.717, 1.165) is 6.08 Å². The number of carboxylic acid groups (broad SMARTS) is 4. The van der Waals surface area contributed by atoms with Crippen molar-refractivity contribution in [2.45, 2.75) is 6.04 Å². The number of quaternary nitrogens is 1. The number of carbonyl (C=O) groups is 4. The Labute approximate surface area is 107 Å². The SMILES string of the molecule is C=CC(C(=O)O)[N+](CC(=O)O)(CC(=O)O)CC(=O)O. The van der Waals surface area contributed by atoms with E-state index in [4.69, 9.17) is 20.4 Å². The number of carboxylic acids is 4. The lowest BCUT2D eigenvalue weighted by Gasteiger charge is -2.37. The molecule has 0 heterocycles. The molecular formula is C10H14NO8+. The van der Waals surface area contributed by atoms with Gasteiger partial charge in [-0.2, -0.15) is 0 Å². The molecule has 19 heavy (non-hydrogen) atoms. The average Bonchev–Trinajstić information content (AvgIpc) is 2.12. The predicted octanol–water partition coefficient (Wildman–Crippen LogP) is -1.30. The van der Waals surface area contributed by atoms with E-state index in [-0.39, 0.29) is 0 Å². The Balaban J connectivity index is 5.74. The maximum absolute atomic E-state index is 11.1. The van der Waals surface area contributed by atoms with Crippen LogP contribution in [0.3, 0.4) is 0 Å². The first-order valence-electron chi connectivity index (χ1n) is 5.01. The van der Waals surface area contributed by atoms with Crippen LogP contribution < -0.4 is 0 Å². The van der Waals surface area contributed by atoms with Crippen molar-refractivity contribution in [1.82, 2.24) is 0 Å². The third-order valence-corrected chi connectivity index (χ3v) is 2.42. The van der Waals surface area contributed by atoms with Gasteiger partial charge in [0.1, 0.15) is 0 Å². The molecule has 0 aliphatic rings. The summed E-state index contributed by atoms with van der Waals surface area (Å²) in [4.78, 5) is 43.4. The van der Waals surface area contributed by atoms with E-state index in [0.29, 0.717) is 0 Å². The van der Waals surface area contributed by atoms with Gasteiger partial charge in [0, 0.05) is 0 Å². The van der Waals surface area contributed by atoms with Gasteiger partial charge in [-0.25, -0.2) is 19.2 Å². The van der Waals surface area contributed by atoms with Crippen LogP contribution in [0.25, 0.3) is 0 Å². The zero-order valence-corrected chi connectivity index (χ0v) is 9.85. The van der Waals surface area contributed by atoms with E-state index in [1.165, 1.54) is 0 Å². The second-order valence-corrected chi connectivity index (χ2v) is 3.89. The molecule has 0 fully saturated rings. The van der Waals surface area contributed by atoms with E-state index in [1.54, 1.807) is 0 Å². The Morgan fingerprint density at radius 1 is 0.895 bits per heavy atom. The lowest BCUT2D eigenvalue weighted by Crippen LogP contribution is -2.63. The van der Waals surface area contributed by atoms with Crippen molar-refractivity contribution in [1.29, 1.82) is 0 Å². The van der Waals surface area contributed by atoms with Crippen molar-refractivity contribution in [3.8, 4) is 0 Å². The number of aliphatic carboxylic acids is 4. The molecule has 0 amide bonds. The molecule has 9 heteroatoms. The molecule has 0 rings (SSSR count). The van der Waals surface area contributed by atoms with Gasteiger partial charge in [0.05, 0.1) is 0 Å². The average molecular weight is 276 g/mol. The van der Waals surface area contributed by atoms with Crippen LogP contribution in [0, 0.1) is 0 Å². The van der Waals surface area contributed by atoms with Crippen molar-refractivity contribution in [2.75, 3.05) is 19.6 Å². The molecule has 0 saturated heterocycles. The minimum atomic E-state index is -1.65. The molecule has 0 aromatic carbocycles. The molecule has 106 valence electrons. The summed E-state index contributed by atoms with van der Waals surface area (Å²) in [6, 6.07) is -1.65. The smallest absolute Gasteiger partial charge is 0.366 e. The van der Waals surface area contributed by atoms with Crippen molar-refractivity contribution >= 4 is 23.9 Å². The molecule has 0 aliphatic carbocycles. The maximum Gasteiger partial charge on any atom is 0.366 e. The number of hydrogen-bond acceptors (Lipinski definition) is 4. The van der Waals surface area contributed by atoms with Crippen LogP contribution >= 0.6 is 0 Å². The Morgan fingerprint density at radius 3 is 1.37 bits per heavy atom. The summed E-state index contributed by atoms with van der Waals surface area (Å²) in [5.41, 5.74) is 0. The van der Waals surface area contributed by atoms with Gasteiger partial charge in [-0.1, -0.05) is 6.58 Å². The van der Waals surface area contributed by atoms with Crippen molar-refractivity contribution in [3.05, 3.63) is 12.7 Å². The highest BCUT2D eigenvalue weighted by Crippen LogP contribution is 2.16. The van der Waals surface area contributed by atoms with E-state index in [2.05, 4.69) is 6.58 Å². The highest BCUT2D eigenvalue weighted by molar-refractivity contribution is 5.78. The second kappa shape index (κ2) is 6.50. The largest absolute Gasteiger partial charge is 0.477 e. The predicted molar refractivity (Wildman–Crippen MR) is 59.4 cm³/mol. The monoisotopic (exact) mass is 276 g/mol. The molecule has 0 aromatic rings. The fraction of sp³-hybridized carbons (Fsp3) is 0.400. The lowest BCUT2D eigenvalue weighted by molar-refractivity contribution is -0.917. The van der Waals surface area contributed by atoms with Crippen LogP contribution in [0.15, 0.2) is 12.7 Å². The zero-order chi connectivity index (χ0) is 15.2. The van der Waals surface area contributed by atoms with Crippen LogP contribution in [0.2, 0.25) is 0 Å². The van der Waals surface area contributed by atoms with Crippen LogP contribution in [-0.2, 0) is 19.2 Å². The summed E-state index contributed by atoms with van der Waals surface area (Å²) in [7, 11) is 0.